The van der Waals surface area contributed by atoms with Gasteiger partial charge >= 0.3 is 0 Å². The molecule has 0 radical (unpaired) electrons. The monoisotopic (exact) mass is 561 g/mol. The van der Waals surface area contributed by atoms with Crippen LogP contribution in [0.2, 0.25) is 0 Å². The molecule has 178 valence electrons. The Balaban J connectivity index is 0.00000259. The van der Waals surface area contributed by atoms with Crippen molar-refractivity contribution >= 4 is 29.9 Å². The lowest BCUT2D eigenvalue weighted by atomic mass is 10.0. The van der Waals surface area contributed by atoms with Crippen molar-refractivity contribution in [2.75, 3.05) is 32.9 Å². The van der Waals surface area contributed by atoms with Crippen LogP contribution >= 0.6 is 24.0 Å². The molecule has 2 fully saturated rings. The van der Waals surface area contributed by atoms with Crippen LogP contribution in [-0.2, 0) is 17.7 Å². The minimum atomic E-state index is 0. The van der Waals surface area contributed by atoms with E-state index < -0.39 is 0 Å². The van der Waals surface area contributed by atoms with Crippen molar-refractivity contribution in [2.24, 2.45) is 22.7 Å². The molecule has 2 N–H and O–H groups in total. The summed E-state index contributed by atoms with van der Waals surface area (Å²) < 4.78 is 11.7. The van der Waals surface area contributed by atoms with Gasteiger partial charge in [0.25, 0.3) is 0 Å². The first kappa shape index (κ1) is 24.3. The highest BCUT2D eigenvalue weighted by atomic mass is 127. The molecule has 3 aliphatic rings. The van der Waals surface area contributed by atoms with Crippen LogP contribution < -0.4 is 15.4 Å². The van der Waals surface area contributed by atoms with E-state index in [0.717, 1.165) is 67.8 Å². The number of nitrogens with zero attached hydrogens (tertiary/aromatic N) is 1. The number of benzene rings is 2. The molecule has 0 amide bonds. The van der Waals surface area contributed by atoms with Gasteiger partial charge in [-0.1, -0.05) is 36.4 Å². The number of nitrogens with one attached hydrogen (secondary N) is 2. The summed E-state index contributed by atoms with van der Waals surface area (Å²) in [7, 11) is 0. The van der Waals surface area contributed by atoms with E-state index in [-0.39, 0.29) is 24.0 Å². The lowest BCUT2D eigenvalue weighted by Gasteiger charge is -2.15. The van der Waals surface area contributed by atoms with Gasteiger partial charge < -0.3 is 20.1 Å². The quantitative estimate of drug-likeness (QED) is 0.280. The Kier molecular flexibility index (Phi) is 8.17. The Morgan fingerprint density at radius 3 is 2.88 bits per heavy atom. The Morgan fingerprint density at radius 2 is 2.06 bits per heavy atom. The molecular formula is C27H36IN3O2. The van der Waals surface area contributed by atoms with E-state index >= 15 is 0 Å². The molecule has 0 bridgehead atoms. The second-order valence-electron chi connectivity index (χ2n) is 9.48. The van der Waals surface area contributed by atoms with Gasteiger partial charge in [-0.3, -0.25) is 0 Å². The zero-order valence-electron chi connectivity index (χ0n) is 19.7. The Labute approximate surface area is 214 Å². The van der Waals surface area contributed by atoms with Gasteiger partial charge in [0.1, 0.15) is 5.75 Å². The summed E-state index contributed by atoms with van der Waals surface area (Å²) in [5.74, 6) is 4.60. The van der Waals surface area contributed by atoms with Gasteiger partial charge in [0.15, 0.2) is 5.96 Å². The molecule has 6 heteroatoms. The Morgan fingerprint density at radius 1 is 1.18 bits per heavy atom. The van der Waals surface area contributed by atoms with E-state index in [4.69, 9.17) is 14.5 Å². The van der Waals surface area contributed by atoms with Gasteiger partial charge in [0.05, 0.1) is 19.8 Å². The second kappa shape index (κ2) is 11.1. The van der Waals surface area contributed by atoms with Crippen LogP contribution in [0.15, 0.2) is 47.5 Å². The van der Waals surface area contributed by atoms with Gasteiger partial charge in [-0.05, 0) is 67.2 Å². The number of hydrogen-bond acceptors (Lipinski definition) is 3. The summed E-state index contributed by atoms with van der Waals surface area (Å²) in [6.07, 6.45) is 2.32. The molecule has 1 saturated heterocycles. The molecule has 1 heterocycles. The first-order chi connectivity index (χ1) is 15.7. The van der Waals surface area contributed by atoms with E-state index in [1.807, 2.05) is 0 Å². The van der Waals surface area contributed by atoms with Crippen molar-refractivity contribution in [3.8, 4) is 5.75 Å². The molecule has 33 heavy (non-hydrogen) atoms. The number of hydrogen-bond donors (Lipinski definition) is 2. The molecule has 0 aromatic heterocycles. The molecular weight excluding hydrogens is 525 g/mol. The highest BCUT2D eigenvalue weighted by Crippen LogP contribution is 2.60. The van der Waals surface area contributed by atoms with E-state index in [2.05, 4.69) is 66.9 Å². The van der Waals surface area contributed by atoms with Gasteiger partial charge in [0.2, 0.25) is 0 Å². The molecule has 2 aromatic rings. The van der Waals surface area contributed by atoms with Crippen LogP contribution in [0, 0.1) is 24.7 Å². The van der Waals surface area contributed by atoms with Gasteiger partial charge in [-0.25, -0.2) is 4.99 Å². The number of guanidine groups is 1. The van der Waals surface area contributed by atoms with Crippen molar-refractivity contribution in [1.29, 1.82) is 0 Å². The average molecular weight is 562 g/mol. The van der Waals surface area contributed by atoms with Gasteiger partial charge in [0, 0.05) is 31.2 Å². The molecule has 1 saturated carbocycles. The van der Waals surface area contributed by atoms with Crippen LogP contribution in [0.3, 0.4) is 0 Å². The van der Waals surface area contributed by atoms with E-state index in [1.165, 1.54) is 12.0 Å². The largest absolute Gasteiger partial charge is 0.493 e. The lowest BCUT2D eigenvalue weighted by Crippen LogP contribution is -2.38. The Hall–Kier alpha value is -1.80. The van der Waals surface area contributed by atoms with E-state index in [1.54, 1.807) is 11.1 Å². The number of ether oxygens (including phenoxy) is 2. The summed E-state index contributed by atoms with van der Waals surface area (Å²) in [5, 5.41) is 7.01. The summed E-state index contributed by atoms with van der Waals surface area (Å²) in [4.78, 5) is 4.88. The van der Waals surface area contributed by atoms with Crippen molar-refractivity contribution in [2.45, 2.75) is 39.2 Å². The fourth-order valence-corrected chi connectivity index (χ4v) is 5.33. The lowest BCUT2D eigenvalue weighted by molar-refractivity contribution is 0.166. The van der Waals surface area contributed by atoms with Crippen LogP contribution in [0.5, 0.6) is 5.75 Å². The third-order valence-corrected chi connectivity index (χ3v) is 7.18. The third-order valence-electron chi connectivity index (χ3n) is 7.18. The maximum Gasteiger partial charge on any atom is 0.191 e. The summed E-state index contributed by atoms with van der Waals surface area (Å²) in [6.45, 7) is 9.03. The number of aryl methyl sites for hydroxylation is 1. The number of rotatable bonds is 8. The van der Waals surface area contributed by atoms with Crippen molar-refractivity contribution in [1.82, 2.24) is 10.6 Å². The first-order valence-electron chi connectivity index (χ1n) is 12.1. The number of fused-ring (bicyclic) bond motifs is 3. The SMILES string of the molecule is CCNC(=NCc1ccc(C)cc1OCC1CCOC1)NCC1C2Cc3ccccc3C12.I. The molecule has 4 unspecified atom stereocenters. The summed E-state index contributed by atoms with van der Waals surface area (Å²) in [6, 6.07) is 15.4. The van der Waals surface area contributed by atoms with Crippen molar-refractivity contribution in [3.63, 3.8) is 0 Å². The highest BCUT2D eigenvalue weighted by molar-refractivity contribution is 14.0. The molecule has 2 aliphatic carbocycles. The van der Waals surface area contributed by atoms with Crippen molar-refractivity contribution in [3.05, 3.63) is 64.7 Å². The molecule has 1 aliphatic heterocycles. The predicted molar refractivity (Wildman–Crippen MR) is 144 cm³/mol. The highest BCUT2D eigenvalue weighted by Gasteiger charge is 2.54. The van der Waals surface area contributed by atoms with E-state index in [9.17, 15) is 0 Å². The first-order valence-corrected chi connectivity index (χ1v) is 12.1. The predicted octanol–water partition coefficient (Wildman–Crippen LogP) is 4.67. The normalized spacial score (nSPS) is 25.1. The van der Waals surface area contributed by atoms with Crippen LogP contribution in [-0.4, -0.2) is 38.9 Å². The average Bonchev–Trinajstić information content (AvgIpc) is 3.14. The summed E-state index contributed by atoms with van der Waals surface area (Å²) >= 11 is 0. The van der Waals surface area contributed by atoms with Gasteiger partial charge in [-0.2, -0.15) is 0 Å². The number of aliphatic imine (C=N–C) groups is 1. The van der Waals surface area contributed by atoms with Crippen LogP contribution in [0.25, 0.3) is 0 Å². The second-order valence-corrected chi connectivity index (χ2v) is 9.48. The maximum atomic E-state index is 6.20. The molecule has 0 spiro atoms. The molecule has 2 aromatic carbocycles. The number of halogens is 1. The standard InChI is InChI=1S/C27H35N3O2.HI/c1-3-28-27(30-15-24-23-13-20-6-4-5-7-22(20)26(23)24)29-14-21-9-8-18(2)12-25(21)32-17-19-10-11-31-16-19;/h4-9,12,19,23-24,26H,3,10-11,13-17H2,1-2H3,(H2,28,29,30);1H. The van der Waals surface area contributed by atoms with E-state index in [0.29, 0.717) is 19.1 Å². The van der Waals surface area contributed by atoms with Crippen molar-refractivity contribution < 1.29 is 9.47 Å². The van der Waals surface area contributed by atoms with Crippen LogP contribution in [0.4, 0.5) is 0 Å². The molecule has 5 rings (SSSR count). The fraction of sp³-hybridized carbons (Fsp3) is 0.519. The summed E-state index contributed by atoms with van der Waals surface area (Å²) in [5.41, 5.74) is 5.46. The minimum Gasteiger partial charge on any atom is -0.493 e. The molecule has 4 atom stereocenters. The third kappa shape index (κ3) is 5.65. The minimum absolute atomic E-state index is 0. The zero-order chi connectivity index (χ0) is 21.9. The topological polar surface area (TPSA) is 54.9 Å². The zero-order valence-corrected chi connectivity index (χ0v) is 22.0. The molecule has 5 nitrogen and oxygen atoms in total. The Bertz CT molecular complexity index is 974. The fourth-order valence-electron chi connectivity index (χ4n) is 5.33. The van der Waals surface area contributed by atoms with Crippen LogP contribution in [0.1, 0.15) is 41.5 Å². The van der Waals surface area contributed by atoms with Gasteiger partial charge in [-0.15, -0.1) is 24.0 Å². The maximum absolute atomic E-state index is 6.20. The smallest absolute Gasteiger partial charge is 0.191 e.